The molecule has 0 aliphatic rings. The maximum atomic E-state index is 12.5. The molecule has 1 amide bonds. The van der Waals surface area contributed by atoms with E-state index in [-0.39, 0.29) is 5.91 Å². The monoisotopic (exact) mass is 332 g/mol. The predicted octanol–water partition coefficient (Wildman–Crippen LogP) is 3.96. The number of para-hydroxylation sites is 1. The van der Waals surface area contributed by atoms with Gasteiger partial charge in [0.1, 0.15) is 5.69 Å². The molecule has 1 aromatic carbocycles. The van der Waals surface area contributed by atoms with Crippen molar-refractivity contribution in [3.8, 4) is 0 Å². The molecule has 5 nitrogen and oxygen atoms in total. The first kappa shape index (κ1) is 16.6. The van der Waals surface area contributed by atoms with Crippen molar-refractivity contribution in [2.24, 2.45) is 0 Å². The van der Waals surface area contributed by atoms with Crippen LogP contribution in [0.4, 0.5) is 11.4 Å². The number of carbonyl (C=O) groups excluding carboxylic acids is 1. The Morgan fingerprint density at radius 1 is 1.04 bits per heavy atom. The van der Waals surface area contributed by atoms with E-state index >= 15 is 0 Å². The number of pyridine rings is 2. The van der Waals surface area contributed by atoms with Gasteiger partial charge < -0.3 is 10.6 Å². The summed E-state index contributed by atoms with van der Waals surface area (Å²) >= 11 is 0. The lowest BCUT2D eigenvalue weighted by atomic mass is 10.1. The van der Waals surface area contributed by atoms with Gasteiger partial charge in [0.2, 0.25) is 0 Å². The number of rotatable bonds is 5. The molecular formula is C20H20N4O. The van der Waals surface area contributed by atoms with Gasteiger partial charge in [-0.2, -0.15) is 0 Å². The Morgan fingerprint density at radius 2 is 1.84 bits per heavy atom. The first-order valence-electron chi connectivity index (χ1n) is 8.10. The highest BCUT2D eigenvalue weighted by Crippen LogP contribution is 2.20. The van der Waals surface area contributed by atoms with Crippen molar-refractivity contribution >= 4 is 17.3 Å². The maximum Gasteiger partial charge on any atom is 0.274 e. The van der Waals surface area contributed by atoms with Crippen LogP contribution in [-0.4, -0.2) is 15.9 Å². The van der Waals surface area contributed by atoms with E-state index in [1.165, 1.54) is 0 Å². The van der Waals surface area contributed by atoms with Gasteiger partial charge in [-0.05, 0) is 48.7 Å². The smallest absolute Gasteiger partial charge is 0.274 e. The fourth-order valence-corrected chi connectivity index (χ4v) is 2.56. The van der Waals surface area contributed by atoms with E-state index in [2.05, 4.69) is 20.6 Å². The second-order valence-electron chi connectivity index (χ2n) is 5.87. The Labute approximate surface area is 147 Å². The van der Waals surface area contributed by atoms with Crippen LogP contribution in [-0.2, 0) is 6.54 Å². The molecule has 5 heteroatoms. The van der Waals surface area contributed by atoms with Crippen LogP contribution in [0.1, 0.15) is 27.2 Å². The molecule has 0 saturated carbocycles. The summed E-state index contributed by atoms with van der Waals surface area (Å²) in [7, 11) is 0. The summed E-state index contributed by atoms with van der Waals surface area (Å²) in [6.45, 7) is 4.58. The summed E-state index contributed by atoms with van der Waals surface area (Å²) in [5.74, 6) is -0.220. The Bertz CT molecular complexity index is 858. The zero-order chi connectivity index (χ0) is 17.6. The molecule has 3 rings (SSSR count). The lowest BCUT2D eigenvalue weighted by Crippen LogP contribution is -2.15. The molecule has 25 heavy (non-hydrogen) atoms. The van der Waals surface area contributed by atoms with Gasteiger partial charge in [0.15, 0.2) is 0 Å². The molecule has 2 N–H and O–H groups in total. The number of aryl methyl sites for hydroxylation is 2. The largest absolute Gasteiger partial charge is 0.381 e. The Hall–Kier alpha value is -3.21. The first-order valence-corrected chi connectivity index (χ1v) is 8.10. The number of aromatic nitrogens is 2. The molecule has 0 atom stereocenters. The molecule has 2 aromatic heterocycles. The minimum Gasteiger partial charge on any atom is -0.381 e. The SMILES string of the molecule is Cc1cccc(C)c1NC(=O)c1cc(NCc2cccnc2)ccn1. The van der Waals surface area contributed by atoms with Crippen molar-refractivity contribution in [3.63, 3.8) is 0 Å². The molecule has 2 heterocycles. The molecule has 0 radical (unpaired) electrons. The number of hydrogen-bond donors (Lipinski definition) is 2. The summed E-state index contributed by atoms with van der Waals surface area (Å²) in [4.78, 5) is 20.8. The van der Waals surface area contributed by atoms with Crippen LogP contribution in [0.2, 0.25) is 0 Å². The highest BCUT2D eigenvalue weighted by molar-refractivity contribution is 6.04. The third-order valence-corrected chi connectivity index (χ3v) is 3.93. The van der Waals surface area contributed by atoms with Gasteiger partial charge in [-0.15, -0.1) is 0 Å². The average Bonchev–Trinajstić information content (AvgIpc) is 2.64. The first-order chi connectivity index (χ1) is 12.1. The van der Waals surface area contributed by atoms with E-state index in [0.717, 1.165) is 28.1 Å². The molecular weight excluding hydrogens is 312 g/mol. The fourth-order valence-electron chi connectivity index (χ4n) is 2.56. The molecule has 0 spiro atoms. The molecule has 126 valence electrons. The molecule has 0 fully saturated rings. The summed E-state index contributed by atoms with van der Waals surface area (Å²) in [6, 6.07) is 13.4. The Balaban J connectivity index is 1.71. The third-order valence-electron chi connectivity index (χ3n) is 3.93. The summed E-state index contributed by atoms with van der Waals surface area (Å²) in [5, 5.41) is 6.24. The van der Waals surface area contributed by atoms with Gasteiger partial charge in [0, 0.05) is 36.5 Å². The van der Waals surface area contributed by atoms with E-state index in [0.29, 0.717) is 12.2 Å². The number of hydrogen-bond acceptors (Lipinski definition) is 4. The fraction of sp³-hybridized carbons (Fsp3) is 0.150. The minimum atomic E-state index is -0.220. The lowest BCUT2D eigenvalue weighted by molar-refractivity contribution is 0.102. The number of benzene rings is 1. The molecule has 0 unspecified atom stereocenters. The van der Waals surface area contributed by atoms with Gasteiger partial charge in [-0.1, -0.05) is 24.3 Å². The standard InChI is InChI=1S/C20H20N4O/c1-14-5-3-6-15(2)19(14)24-20(25)18-11-17(8-10-22-18)23-13-16-7-4-9-21-12-16/h3-12H,13H2,1-2H3,(H,22,23)(H,24,25). The van der Waals surface area contributed by atoms with Crippen LogP contribution in [0.3, 0.4) is 0 Å². The van der Waals surface area contributed by atoms with Crippen LogP contribution in [0, 0.1) is 13.8 Å². The molecule has 0 saturated heterocycles. The van der Waals surface area contributed by atoms with Crippen LogP contribution in [0.25, 0.3) is 0 Å². The zero-order valence-corrected chi connectivity index (χ0v) is 14.3. The third kappa shape index (κ3) is 4.20. The normalized spacial score (nSPS) is 10.3. The van der Waals surface area contributed by atoms with Gasteiger partial charge >= 0.3 is 0 Å². The highest BCUT2D eigenvalue weighted by Gasteiger charge is 2.11. The average molecular weight is 332 g/mol. The predicted molar refractivity (Wildman–Crippen MR) is 99.7 cm³/mol. The van der Waals surface area contributed by atoms with E-state index in [1.54, 1.807) is 18.5 Å². The van der Waals surface area contributed by atoms with Crippen LogP contribution in [0.15, 0.2) is 61.1 Å². The second-order valence-corrected chi connectivity index (χ2v) is 5.87. The van der Waals surface area contributed by atoms with E-state index in [9.17, 15) is 4.79 Å². The summed E-state index contributed by atoms with van der Waals surface area (Å²) in [6.07, 6.45) is 5.18. The van der Waals surface area contributed by atoms with Crippen molar-refractivity contribution in [3.05, 3.63) is 83.4 Å². The topological polar surface area (TPSA) is 66.9 Å². The number of anilines is 2. The molecule has 0 aliphatic heterocycles. The summed E-state index contributed by atoms with van der Waals surface area (Å²) in [5.41, 5.74) is 5.17. The van der Waals surface area contributed by atoms with E-state index in [1.807, 2.05) is 56.4 Å². The van der Waals surface area contributed by atoms with Gasteiger partial charge in [0.05, 0.1) is 0 Å². The van der Waals surface area contributed by atoms with E-state index in [4.69, 9.17) is 0 Å². The molecule has 3 aromatic rings. The van der Waals surface area contributed by atoms with Crippen LogP contribution < -0.4 is 10.6 Å². The van der Waals surface area contributed by atoms with Crippen molar-refractivity contribution in [2.75, 3.05) is 10.6 Å². The lowest BCUT2D eigenvalue weighted by Gasteiger charge is -2.12. The second kappa shape index (κ2) is 7.57. The molecule has 0 bridgehead atoms. The zero-order valence-electron chi connectivity index (χ0n) is 14.3. The summed E-state index contributed by atoms with van der Waals surface area (Å²) < 4.78 is 0. The Morgan fingerprint density at radius 3 is 2.56 bits per heavy atom. The maximum absolute atomic E-state index is 12.5. The number of nitrogens with zero attached hydrogens (tertiary/aromatic N) is 2. The highest BCUT2D eigenvalue weighted by atomic mass is 16.1. The van der Waals surface area contributed by atoms with Gasteiger partial charge in [-0.3, -0.25) is 14.8 Å². The van der Waals surface area contributed by atoms with E-state index < -0.39 is 0 Å². The van der Waals surface area contributed by atoms with Crippen molar-refractivity contribution in [1.82, 2.24) is 9.97 Å². The number of carbonyl (C=O) groups is 1. The number of amides is 1. The van der Waals surface area contributed by atoms with Crippen molar-refractivity contribution in [1.29, 1.82) is 0 Å². The van der Waals surface area contributed by atoms with Crippen LogP contribution >= 0.6 is 0 Å². The van der Waals surface area contributed by atoms with Gasteiger partial charge in [-0.25, -0.2) is 0 Å². The van der Waals surface area contributed by atoms with Crippen molar-refractivity contribution in [2.45, 2.75) is 20.4 Å². The minimum absolute atomic E-state index is 0.220. The van der Waals surface area contributed by atoms with Crippen LogP contribution in [0.5, 0.6) is 0 Å². The Kier molecular flexibility index (Phi) is 5.04. The molecule has 0 aliphatic carbocycles. The quantitative estimate of drug-likeness (QED) is 0.742. The van der Waals surface area contributed by atoms with Gasteiger partial charge in [0.25, 0.3) is 5.91 Å². The number of nitrogens with one attached hydrogen (secondary N) is 2. The van der Waals surface area contributed by atoms with Crippen molar-refractivity contribution < 1.29 is 4.79 Å².